The fourth-order valence-electron chi connectivity index (χ4n) is 4.04. The first-order valence-corrected chi connectivity index (χ1v) is 13.8. The second-order valence-corrected chi connectivity index (χ2v) is 12.3. The Morgan fingerprint density at radius 1 is 0.765 bits per heavy atom. The predicted octanol–water partition coefficient (Wildman–Crippen LogP) is 6.37. The molecule has 0 aliphatic heterocycles. The lowest BCUT2D eigenvalue weighted by molar-refractivity contribution is -0.122. The molecule has 0 fully saturated rings. The van der Waals surface area contributed by atoms with Crippen LogP contribution in [-0.4, -0.2) is 14.3 Å². The maximum atomic E-state index is 13.4. The zero-order chi connectivity index (χ0) is 25.8. The van der Waals surface area contributed by atoms with Crippen molar-refractivity contribution < 1.29 is 13.2 Å². The van der Waals surface area contributed by atoms with Gasteiger partial charge in [-0.3, -0.25) is 10.2 Å². The Kier molecular flexibility index (Phi) is 9.49. The number of rotatable bonds is 10. The van der Waals surface area contributed by atoms with Gasteiger partial charge < -0.3 is 0 Å². The van der Waals surface area contributed by atoms with Crippen molar-refractivity contribution in [1.82, 2.24) is 10.3 Å². The largest absolute Gasteiger partial charge is 0.277 e. The van der Waals surface area contributed by atoms with Crippen LogP contribution in [0.25, 0.3) is 0 Å². The average Bonchev–Trinajstić information content (AvgIpc) is 2.76. The smallest absolute Gasteiger partial charge is 0.257 e. The molecule has 34 heavy (non-hydrogen) atoms. The third-order valence-electron chi connectivity index (χ3n) is 6.17. The molecule has 188 valence electrons. The Morgan fingerprint density at radius 3 is 1.68 bits per heavy atom. The molecule has 1 unspecified atom stereocenters. The van der Waals surface area contributed by atoms with Crippen LogP contribution >= 0.6 is 0 Å². The third-order valence-corrected chi connectivity index (χ3v) is 7.55. The molecule has 2 aromatic carbocycles. The molecule has 6 heteroatoms. The number of nitrogens with one attached hydrogen (secondary N) is 2. The molecule has 2 aromatic rings. The molecule has 0 saturated carbocycles. The number of hydrogen-bond donors (Lipinski definition) is 2. The number of carbonyl (C=O) groups is 1. The summed E-state index contributed by atoms with van der Waals surface area (Å²) in [6.45, 7) is 18.3. The summed E-state index contributed by atoms with van der Waals surface area (Å²) in [5, 5.41) is 0. The predicted molar refractivity (Wildman–Crippen MR) is 141 cm³/mol. The van der Waals surface area contributed by atoms with E-state index in [9.17, 15) is 13.2 Å². The molecule has 2 rings (SSSR count). The Balaban J connectivity index is 2.29. The number of hydrogen-bond acceptors (Lipinski definition) is 3. The lowest BCUT2D eigenvalue weighted by Gasteiger charge is -2.23. The highest BCUT2D eigenvalue weighted by Gasteiger charge is 2.28. The molecule has 0 aromatic heterocycles. The van der Waals surface area contributed by atoms with E-state index in [2.05, 4.69) is 38.0 Å². The van der Waals surface area contributed by atoms with Gasteiger partial charge in [0, 0.05) is 0 Å². The summed E-state index contributed by atoms with van der Waals surface area (Å²) in [4.78, 5) is 15.5. The van der Waals surface area contributed by atoms with E-state index in [0.717, 1.165) is 28.7 Å². The van der Waals surface area contributed by atoms with Crippen molar-refractivity contribution in [3.8, 4) is 0 Å². The van der Waals surface area contributed by atoms with Crippen molar-refractivity contribution in [2.75, 3.05) is 0 Å². The van der Waals surface area contributed by atoms with Crippen molar-refractivity contribution in [3.63, 3.8) is 0 Å². The van der Waals surface area contributed by atoms with Crippen LogP contribution in [0.4, 0.5) is 0 Å². The third kappa shape index (κ3) is 6.92. The Labute approximate surface area is 206 Å². The number of hydrazine groups is 1. The zero-order valence-corrected chi connectivity index (χ0v) is 23.0. The van der Waals surface area contributed by atoms with E-state index in [-0.39, 0.29) is 22.6 Å². The van der Waals surface area contributed by atoms with E-state index in [1.165, 1.54) is 5.56 Å². The zero-order valence-electron chi connectivity index (χ0n) is 22.2. The molecule has 0 bridgehead atoms. The van der Waals surface area contributed by atoms with Crippen molar-refractivity contribution >= 4 is 15.9 Å². The number of sulfonamides is 1. The quantitative estimate of drug-likeness (QED) is 0.383. The van der Waals surface area contributed by atoms with Gasteiger partial charge in [-0.15, -0.1) is 4.83 Å². The van der Waals surface area contributed by atoms with Gasteiger partial charge >= 0.3 is 0 Å². The fraction of sp³-hybridized carbons (Fsp3) is 0.536. The molecule has 2 N–H and O–H groups in total. The van der Waals surface area contributed by atoms with Gasteiger partial charge in [-0.1, -0.05) is 91.8 Å². The minimum Gasteiger partial charge on any atom is -0.277 e. The maximum absolute atomic E-state index is 13.4. The van der Waals surface area contributed by atoms with Gasteiger partial charge in [0.25, 0.3) is 10.0 Å². The van der Waals surface area contributed by atoms with Crippen LogP contribution in [0.15, 0.2) is 41.3 Å². The molecule has 0 saturated heterocycles. The summed E-state index contributed by atoms with van der Waals surface area (Å²) >= 11 is 0. The minimum atomic E-state index is -3.97. The van der Waals surface area contributed by atoms with E-state index in [1.54, 1.807) is 6.92 Å². The van der Waals surface area contributed by atoms with E-state index < -0.39 is 21.8 Å². The lowest BCUT2D eigenvalue weighted by Crippen LogP contribution is -2.44. The van der Waals surface area contributed by atoms with Gasteiger partial charge in [0.2, 0.25) is 5.91 Å². The number of carbonyl (C=O) groups excluding carboxylic acids is 1. The first kappa shape index (κ1) is 28.1. The highest BCUT2D eigenvalue weighted by Crippen LogP contribution is 2.35. The van der Waals surface area contributed by atoms with E-state index in [1.807, 2.05) is 64.1 Å². The summed E-state index contributed by atoms with van der Waals surface area (Å²) in [5.41, 5.74) is 7.18. The summed E-state index contributed by atoms with van der Waals surface area (Å²) in [6, 6.07) is 11.9. The van der Waals surface area contributed by atoms with Gasteiger partial charge in [-0.25, -0.2) is 8.42 Å². The van der Waals surface area contributed by atoms with Gasteiger partial charge in [-0.05, 0) is 64.8 Å². The number of benzene rings is 2. The standard InChI is InChI=1S/C28H42N2O3S/c1-17(2)14-22-10-12-23(13-11-22)21(9)28(31)29-30-34(32,33)27-25(19(5)6)15-24(18(3)4)16-26(27)20(7)8/h10-13,15-21,30H,14H2,1-9H3,(H,29,31). The molecule has 0 aliphatic carbocycles. The van der Waals surface area contributed by atoms with Gasteiger partial charge in [0.15, 0.2) is 0 Å². The Morgan fingerprint density at radius 2 is 1.26 bits per heavy atom. The normalized spacial score (nSPS) is 13.2. The summed E-state index contributed by atoms with van der Waals surface area (Å²) < 4.78 is 26.9. The maximum Gasteiger partial charge on any atom is 0.257 e. The SMILES string of the molecule is CC(C)Cc1ccc(C(C)C(=O)NNS(=O)(=O)c2c(C(C)C)cc(C(C)C)cc2C(C)C)cc1. The van der Waals surface area contributed by atoms with Crippen molar-refractivity contribution in [3.05, 3.63) is 64.2 Å². The van der Waals surface area contributed by atoms with E-state index >= 15 is 0 Å². The highest BCUT2D eigenvalue weighted by molar-refractivity contribution is 7.89. The molecule has 1 atom stereocenters. The number of amides is 1. The fourth-order valence-corrected chi connectivity index (χ4v) is 5.59. The molecule has 0 heterocycles. The van der Waals surface area contributed by atoms with Crippen LogP contribution in [0.1, 0.15) is 114 Å². The van der Waals surface area contributed by atoms with Gasteiger partial charge in [-0.2, -0.15) is 0 Å². The molecular weight excluding hydrogens is 444 g/mol. The van der Waals surface area contributed by atoms with Crippen LogP contribution in [-0.2, 0) is 21.2 Å². The summed E-state index contributed by atoms with van der Waals surface area (Å²) in [5.74, 6) is -0.0119. The summed E-state index contributed by atoms with van der Waals surface area (Å²) in [6.07, 6.45) is 0.979. The second kappa shape index (κ2) is 11.5. The van der Waals surface area contributed by atoms with Gasteiger partial charge in [0.05, 0.1) is 10.8 Å². The van der Waals surface area contributed by atoms with Gasteiger partial charge in [0.1, 0.15) is 0 Å². The Hall–Kier alpha value is -2.18. The van der Waals surface area contributed by atoms with Crippen LogP contribution < -0.4 is 10.3 Å². The average molecular weight is 487 g/mol. The molecular formula is C28H42N2O3S. The van der Waals surface area contributed by atoms with E-state index in [0.29, 0.717) is 5.92 Å². The monoisotopic (exact) mass is 486 g/mol. The van der Waals surface area contributed by atoms with Crippen molar-refractivity contribution in [2.45, 2.75) is 97.3 Å². The molecule has 0 radical (unpaired) electrons. The molecule has 0 spiro atoms. The lowest BCUT2D eigenvalue weighted by atomic mass is 9.89. The second-order valence-electron chi connectivity index (χ2n) is 10.6. The van der Waals surface area contributed by atoms with Crippen LogP contribution in [0.5, 0.6) is 0 Å². The topological polar surface area (TPSA) is 75.3 Å². The van der Waals surface area contributed by atoms with Crippen LogP contribution in [0, 0.1) is 5.92 Å². The van der Waals surface area contributed by atoms with E-state index in [4.69, 9.17) is 0 Å². The van der Waals surface area contributed by atoms with Crippen LogP contribution in [0.2, 0.25) is 0 Å². The first-order chi connectivity index (χ1) is 15.7. The minimum absolute atomic E-state index is 0.0155. The Bertz CT molecular complexity index is 1060. The molecule has 1 amide bonds. The van der Waals surface area contributed by atoms with Crippen molar-refractivity contribution in [1.29, 1.82) is 0 Å². The highest BCUT2D eigenvalue weighted by atomic mass is 32.2. The molecule has 0 aliphatic rings. The summed E-state index contributed by atoms with van der Waals surface area (Å²) in [7, 11) is -3.97. The molecule has 5 nitrogen and oxygen atoms in total. The van der Waals surface area contributed by atoms with Crippen molar-refractivity contribution in [2.24, 2.45) is 5.92 Å². The first-order valence-electron chi connectivity index (χ1n) is 12.3. The van der Waals surface area contributed by atoms with Crippen LogP contribution in [0.3, 0.4) is 0 Å².